The molecule has 1 rings (SSSR count). The van der Waals surface area contributed by atoms with Crippen LogP contribution in [0.15, 0.2) is 16.6 Å². The smallest absolute Gasteiger partial charge is 0.140 e. The number of benzene rings is 1. The topological polar surface area (TPSA) is 46.2 Å². The van der Waals surface area contributed by atoms with Gasteiger partial charge >= 0.3 is 0 Å². The van der Waals surface area contributed by atoms with Gasteiger partial charge in [-0.05, 0) is 46.9 Å². The van der Waals surface area contributed by atoms with Crippen molar-refractivity contribution in [1.82, 2.24) is 0 Å². The maximum Gasteiger partial charge on any atom is 0.140 e. The lowest BCUT2D eigenvalue weighted by Gasteiger charge is -2.13. The largest absolute Gasteiger partial charge is 0.388 e. The van der Waals surface area contributed by atoms with Gasteiger partial charge in [0.25, 0.3) is 0 Å². The molecule has 0 heterocycles. The minimum atomic E-state index is -0.704. The molecule has 0 amide bonds. The highest BCUT2D eigenvalue weighted by molar-refractivity contribution is 9.10. The van der Waals surface area contributed by atoms with Crippen LogP contribution in [0.4, 0.5) is 4.39 Å². The van der Waals surface area contributed by atoms with E-state index in [0.717, 1.165) is 0 Å². The van der Waals surface area contributed by atoms with Crippen LogP contribution in [0, 0.1) is 12.7 Å². The van der Waals surface area contributed by atoms with Gasteiger partial charge in [-0.15, -0.1) is 0 Å². The van der Waals surface area contributed by atoms with Crippen molar-refractivity contribution in [2.75, 3.05) is 6.54 Å². The van der Waals surface area contributed by atoms with Crippen molar-refractivity contribution in [3.8, 4) is 0 Å². The third-order valence-corrected chi connectivity index (χ3v) is 2.91. The van der Waals surface area contributed by atoms with Gasteiger partial charge in [0.15, 0.2) is 0 Å². The first-order valence-electron chi connectivity index (χ1n) is 4.40. The Hall–Kier alpha value is -0.450. The number of aryl methyl sites for hydroxylation is 1. The molecule has 0 fully saturated rings. The first kappa shape index (κ1) is 11.6. The summed E-state index contributed by atoms with van der Waals surface area (Å²) in [4.78, 5) is 0. The van der Waals surface area contributed by atoms with E-state index in [1.807, 2.05) is 0 Å². The number of hydrogen-bond donors (Lipinski definition) is 2. The van der Waals surface area contributed by atoms with Gasteiger partial charge in [-0.25, -0.2) is 4.39 Å². The van der Waals surface area contributed by atoms with Crippen molar-refractivity contribution in [3.63, 3.8) is 0 Å². The summed E-state index contributed by atoms with van der Waals surface area (Å²) in [7, 11) is 0. The average Bonchev–Trinajstić information content (AvgIpc) is 2.15. The number of nitrogens with two attached hydrogens (primary N) is 1. The van der Waals surface area contributed by atoms with E-state index in [2.05, 4.69) is 15.9 Å². The Kier molecular flexibility index (Phi) is 4.04. The first-order valence-corrected chi connectivity index (χ1v) is 5.20. The zero-order chi connectivity index (χ0) is 10.7. The van der Waals surface area contributed by atoms with Crippen LogP contribution in [-0.2, 0) is 0 Å². The normalized spacial score (nSPS) is 12.9. The minimum absolute atomic E-state index is 0.321. The molecule has 0 bridgehead atoms. The lowest BCUT2D eigenvalue weighted by atomic mass is 10.0. The summed E-state index contributed by atoms with van der Waals surface area (Å²) in [6, 6.07) is 3.36. The predicted octanol–water partition coefficient (Wildman–Crippen LogP) is 2.28. The van der Waals surface area contributed by atoms with Crippen LogP contribution < -0.4 is 5.73 Å². The van der Waals surface area contributed by atoms with Gasteiger partial charge in [0.1, 0.15) is 5.82 Å². The van der Waals surface area contributed by atoms with Crippen molar-refractivity contribution < 1.29 is 9.50 Å². The molecule has 1 aromatic rings. The minimum Gasteiger partial charge on any atom is -0.388 e. The highest BCUT2D eigenvalue weighted by Gasteiger charge is 2.14. The predicted molar refractivity (Wildman–Crippen MR) is 57.5 cm³/mol. The SMILES string of the molecule is Cc1ccc(C(O)CCN)c(Br)c1F. The molecule has 1 aromatic carbocycles. The fourth-order valence-corrected chi connectivity index (χ4v) is 1.94. The highest BCUT2D eigenvalue weighted by atomic mass is 79.9. The average molecular weight is 262 g/mol. The van der Waals surface area contributed by atoms with Gasteiger partial charge in [-0.2, -0.15) is 0 Å². The summed E-state index contributed by atoms with van der Waals surface area (Å²) in [5, 5.41) is 9.64. The van der Waals surface area contributed by atoms with Gasteiger partial charge in [-0.3, -0.25) is 0 Å². The molecule has 14 heavy (non-hydrogen) atoms. The Morgan fingerprint density at radius 3 is 2.79 bits per heavy atom. The Morgan fingerprint density at radius 2 is 2.21 bits per heavy atom. The van der Waals surface area contributed by atoms with Gasteiger partial charge in [-0.1, -0.05) is 12.1 Å². The Labute approximate surface area is 91.1 Å². The van der Waals surface area contributed by atoms with Crippen molar-refractivity contribution in [1.29, 1.82) is 0 Å². The van der Waals surface area contributed by atoms with Gasteiger partial charge in [0.2, 0.25) is 0 Å². The lowest BCUT2D eigenvalue weighted by molar-refractivity contribution is 0.169. The second-order valence-corrected chi connectivity index (χ2v) is 3.99. The van der Waals surface area contributed by atoms with Crippen LogP contribution in [0.25, 0.3) is 0 Å². The lowest BCUT2D eigenvalue weighted by Crippen LogP contribution is -2.08. The summed E-state index contributed by atoms with van der Waals surface area (Å²) in [5.74, 6) is -0.321. The molecule has 0 spiro atoms. The van der Waals surface area contributed by atoms with Crippen LogP contribution in [0.2, 0.25) is 0 Å². The number of aliphatic hydroxyl groups is 1. The van der Waals surface area contributed by atoms with Crippen LogP contribution in [-0.4, -0.2) is 11.7 Å². The maximum absolute atomic E-state index is 13.4. The number of rotatable bonds is 3. The molecule has 2 nitrogen and oxygen atoms in total. The van der Waals surface area contributed by atoms with E-state index in [9.17, 15) is 9.50 Å². The fourth-order valence-electron chi connectivity index (χ4n) is 1.23. The van der Waals surface area contributed by atoms with E-state index in [0.29, 0.717) is 28.6 Å². The van der Waals surface area contributed by atoms with Crippen molar-refractivity contribution >= 4 is 15.9 Å². The molecule has 0 aliphatic heterocycles. The molecule has 0 saturated carbocycles. The number of hydrogen-bond acceptors (Lipinski definition) is 2. The van der Waals surface area contributed by atoms with Gasteiger partial charge in [0.05, 0.1) is 10.6 Å². The Morgan fingerprint density at radius 1 is 1.57 bits per heavy atom. The molecule has 4 heteroatoms. The second kappa shape index (κ2) is 4.87. The summed E-state index contributed by atoms with van der Waals surface area (Å²) in [5.41, 5.74) is 6.43. The second-order valence-electron chi connectivity index (χ2n) is 3.19. The molecule has 78 valence electrons. The monoisotopic (exact) mass is 261 g/mol. The Balaban J connectivity index is 3.04. The van der Waals surface area contributed by atoms with Crippen LogP contribution >= 0.6 is 15.9 Å². The van der Waals surface area contributed by atoms with Crippen LogP contribution in [0.3, 0.4) is 0 Å². The van der Waals surface area contributed by atoms with E-state index >= 15 is 0 Å². The number of halogens is 2. The third kappa shape index (κ3) is 2.32. The van der Waals surface area contributed by atoms with E-state index in [1.54, 1.807) is 19.1 Å². The summed E-state index contributed by atoms with van der Waals surface area (Å²) in [6.45, 7) is 2.06. The third-order valence-electron chi connectivity index (χ3n) is 2.10. The van der Waals surface area contributed by atoms with E-state index < -0.39 is 6.10 Å². The van der Waals surface area contributed by atoms with Gasteiger partial charge in [0, 0.05) is 0 Å². The van der Waals surface area contributed by atoms with Crippen LogP contribution in [0.5, 0.6) is 0 Å². The number of aliphatic hydroxyl groups excluding tert-OH is 1. The van der Waals surface area contributed by atoms with Crippen molar-refractivity contribution in [2.24, 2.45) is 5.73 Å². The maximum atomic E-state index is 13.4. The summed E-state index contributed by atoms with van der Waals surface area (Å²) >= 11 is 3.13. The Bertz CT molecular complexity index is 330. The highest BCUT2D eigenvalue weighted by Crippen LogP contribution is 2.29. The quantitative estimate of drug-likeness (QED) is 0.877. The van der Waals surface area contributed by atoms with Crippen LogP contribution in [0.1, 0.15) is 23.7 Å². The summed E-state index contributed by atoms with van der Waals surface area (Å²) in [6.07, 6.45) is -0.273. The van der Waals surface area contributed by atoms with Crippen molar-refractivity contribution in [3.05, 3.63) is 33.5 Å². The molecule has 0 aromatic heterocycles. The first-order chi connectivity index (χ1) is 6.57. The van der Waals surface area contributed by atoms with Gasteiger partial charge < -0.3 is 10.8 Å². The fraction of sp³-hybridized carbons (Fsp3) is 0.400. The van der Waals surface area contributed by atoms with Crippen molar-refractivity contribution in [2.45, 2.75) is 19.4 Å². The standard InChI is InChI=1S/C10H13BrFNO/c1-6-2-3-7(8(14)4-5-13)9(11)10(6)12/h2-3,8,14H,4-5,13H2,1H3. The zero-order valence-corrected chi connectivity index (χ0v) is 9.51. The molecule has 0 aliphatic carbocycles. The molecule has 0 aliphatic rings. The van der Waals surface area contributed by atoms with E-state index in [4.69, 9.17) is 5.73 Å². The summed E-state index contributed by atoms with van der Waals surface area (Å²) < 4.78 is 13.7. The van der Waals surface area contributed by atoms with E-state index in [-0.39, 0.29) is 5.82 Å². The molecule has 0 radical (unpaired) electrons. The molecular formula is C10H13BrFNO. The molecule has 1 atom stereocenters. The molecular weight excluding hydrogens is 249 g/mol. The molecule has 3 N–H and O–H groups in total. The zero-order valence-electron chi connectivity index (χ0n) is 7.93. The van der Waals surface area contributed by atoms with E-state index in [1.165, 1.54) is 0 Å². The molecule has 0 saturated heterocycles. The molecule has 1 unspecified atom stereocenters.